The minimum Gasteiger partial charge on any atom is -0.441 e. The van der Waals surface area contributed by atoms with E-state index in [0.29, 0.717) is 31.8 Å². The van der Waals surface area contributed by atoms with Gasteiger partial charge >= 0.3 is 0 Å². The van der Waals surface area contributed by atoms with Crippen LogP contribution in [-0.2, 0) is 16.0 Å². The van der Waals surface area contributed by atoms with Crippen LogP contribution in [0, 0.1) is 0 Å². The molecule has 5 heteroatoms. The Labute approximate surface area is 136 Å². The molecular weight excluding hydrogens is 292 g/mol. The smallest absolute Gasteiger partial charge is 0.223 e. The maximum absolute atomic E-state index is 12.3. The summed E-state index contributed by atoms with van der Waals surface area (Å²) in [5.41, 5.74) is 0.994. The molecule has 1 saturated heterocycles. The lowest BCUT2D eigenvalue weighted by Crippen LogP contribution is -2.48. The number of benzene rings is 1. The number of aryl methyl sites for hydroxylation is 1. The molecule has 5 nitrogen and oxygen atoms in total. The zero-order chi connectivity index (χ0) is 16.2. The molecule has 23 heavy (non-hydrogen) atoms. The largest absolute Gasteiger partial charge is 0.441 e. The standard InChI is InChI=1S/C18H22N2O3/c1-13-11-20(12-14(2)22-13)18(21)9-8-17-19-10-16(23-17)15-6-4-3-5-7-15/h3-7,10,13-14H,8-9,11-12H2,1-2H3/t13-,14-/m1/s1. The molecule has 0 unspecified atom stereocenters. The fourth-order valence-electron chi connectivity index (χ4n) is 2.92. The number of carbonyl (C=O) groups excluding carboxylic acids is 1. The maximum Gasteiger partial charge on any atom is 0.223 e. The summed E-state index contributed by atoms with van der Waals surface area (Å²) in [6, 6.07) is 9.84. The minimum atomic E-state index is 0.0918. The molecule has 1 amide bonds. The third-order valence-electron chi connectivity index (χ3n) is 3.94. The average molecular weight is 314 g/mol. The third kappa shape index (κ3) is 3.99. The van der Waals surface area contributed by atoms with Crippen LogP contribution in [0.25, 0.3) is 11.3 Å². The lowest BCUT2D eigenvalue weighted by molar-refractivity contribution is -0.143. The molecular formula is C18H22N2O3. The average Bonchev–Trinajstić information content (AvgIpc) is 3.01. The second kappa shape index (κ2) is 6.96. The Kier molecular flexibility index (Phi) is 4.76. The number of hydrogen-bond donors (Lipinski definition) is 0. The topological polar surface area (TPSA) is 55.6 Å². The SMILES string of the molecule is C[C@@H]1CN(C(=O)CCc2ncc(-c3ccccc3)o2)C[C@@H](C)O1. The van der Waals surface area contributed by atoms with Crippen LogP contribution in [0.5, 0.6) is 0 Å². The van der Waals surface area contributed by atoms with Crippen LogP contribution in [0.4, 0.5) is 0 Å². The Hall–Kier alpha value is -2.14. The lowest BCUT2D eigenvalue weighted by Gasteiger charge is -2.35. The van der Waals surface area contributed by atoms with E-state index < -0.39 is 0 Å². The van der Waals surface area contributed by atoms with Gasteiger partial charge in [0.1, 0.15) is 0 Å². The van der Waals surface area contributed by atoms with Gasteiger partial charge in [-0.2, -0.15) is 0 Å². The molecule has 122 valence electrons. The van der Waals surface area contributed by atoms with Gasteiger partial charge in [-0.05, 0) is 13.8 Å². The summed E-state index contributed by atoms with van der Waals surface area (Å²) in [5, 5.41) is 0. The monoisotopic (exact) mass is 314 g/mol. The molecule has 0 saturated carbocycles. The summed E-state index contributed by atoms with van der Waals surface area (Å²) in [7, 11) is 0. The predicted molar refractivity (Wildman–Crippen MR) is 86.8 cm³/mol. The number of ether oxygens (including phenoxy) is 1. The van der Waals surface area contributed by atoms with Crippen molar-refractivity contribution in [2.24, 2.45) is 0 Å². The Morgan fingerprint density at radius 1 is 1.22 bits per heavy atom. The van der Waals surface area contributed by atoms with Crippen molar-refractivity contribution in [1.29, 1.82) is 0 Å². The molecule has 1 aliphatic rings. The first-order chi connectivity index (χ1) is 11.1. The van der Waals surface area contributed by atoms with Gasteiger partial charge in [0.15, 0.2) is 11.7 Å². The lowest BCUT2D eigenvalue weighted by atomic mass is 10.2. The molecule has 2 atom stereocenters. The Balaban J connectivity index is 1.56. The molecule has 2 aromatic rings. The summed E-state index contributed by atoms with van der Waals surface area (Å²) < 4.78 is 11.4. The fourth-order valence-corrected chi connectivity index (χ4v) is 2.92. The molecule has 0 radical (unpaired) electrons. The second-order valence-corrected chi connectivity index (χ2v) is 6.04. The van der Waals surface area contributed by atoms with Gasteiger partial charge in [0, 0.05) is 31.5 Å². The zero-order valence-electron chi connectivity index (χ0n) is 13.6. The summed E-state index contributed by atoms with van der Waals surface area (Å²) in [4.78, 5) is 18.5. The van der Waals surface area contributed by atoms with Crippen molar-refractivity contribution < 1.29 is 13.9 Å². The highest BCUT2D eigenvalue weighted by Crippen LogP contribution is 2.20. The van der Waals surface area contributed by atoms with E-state index in [9.17, 15) is 4.79 Å². The molecule has 1 fully saturated rings. The van der Waals surface area contributed by atoms with Crippen molar-refractivity contribution in [2.45, 2.75) is 38.9 Å². The number of aromatic nitrogens is 1. The highest BCUT2D eigenvalue weighted by molar-refractivity contribution is 5.76. The number of hydrogen-bond acceptors (Lipinski definition) is 4. The molecule has 0 bridgehead atoms. The van der Waals surface area contributed by atoms with Crippen molar-refractivity contribution in [3.8, 4) is 11.3 Å². The van der Waals surface area contributed by atoms with Crippen molar-refractivity contribution >= 4 is 5.91 Å². The molecule has 3 rings (SSSR count). The molecule has 1 aliphatic heterocycles. The molecule has 0 spiro atoms. The number of morpholine rings is 1. The van der Waals surface area contributed by atoms with Crippen LogP contribution in [-0.4, -0.2) is 41.1 Å². The summed E-state index contributed by atoms with van der Waals surface area (Å²) >= 11 is 0. The quantitative estimate of drug-likeness (QED) is 0.871. The van der Waals surface area contributed by atoms with Crippen LogP contribution in [0.3, 0.4) is 0 Å². The van der Waals surface area contributed by atoms with Crippen molar-refractivity contribution in [3.63, 3.8) is 0 Å². The Bertz CT molecular complexity index is 643. The highest BCUT2D eigenvalue weighted by Gasteiger charge is 2.25. The van der Waals surface area contributed by atoms with Gasteiger partial charge in [-0.25, -0.2) is 4.98 Å². The maximum atomic E-state index is 12.3. The first-order valence-electron chi connectivity index (χ1n) is 8.05. The third-order valence-corrected chi connectivity index (χ3v) is 3.94. The number of rotatable bonds is 4. The van der Waals surface area contributed by atoms with E-state index in [1.54, 1.807) is 6.20 Å². The van der Waals surface area contributed by atoms with Gasteiger partial charge < -0.3 is 14.1 Å². The van der Waals surface area contributed by atoms with Gasteiger partial charge in [-0.3, -0.25) is 4.79 Å². The van der Waals surface area contributed by atoms with Crippen molar-refractivity contribution in [2.75, 3.05) is 13.1 Å². The predicted octanol–water partition coefficient (Wildman–Crippen LogP) is 2.91. The first kappa shape index (κ1) is 15.7. The highest BCUT2D eigenvalue weighted by atomic mass is 16.5. The molecule has 0 N–H and O–H groups in total. The van der Waals surface area contributed by atoms with E-state index in [1.807, 2.05) is 49.1 Å². The Morgan fingerprint density at radius 2 is 1.91 bits per heavy atom. The van der Waals surface area contributed by atoms with Crippen LogP contribution in [0.15, 0.2) is 40.9 Å². The number of amides is 1. The zero-order valence-corrected chi connectivity index (χ0v) is 13.6. The normalized spacial score (nSPS) is 21.4. The summed E-state index contributed by atoms with van der Waals surface area (Å²) in [6.07, 6.45) is 2.83. The molecule has 1 aromatic heterocycles. The van der Waals surface area contributed by atoms with Gasteiger partial charge in [0.25, 0.3) is 0 Å². The van der Waals surface area contributed by atoms with E-state index >= 15 is 0 Å². The fraction of sp³-hybridized carbons (Fsp3) is 0.444. The number of nitrogens with zero attached hydrogens (tertiary/aromatic N) is 2. The van der Waals surface area contributed by atoms with Crippen LogP contribution in [0.1, 0.15) is 26.2 Å². The minimum absolute atomic E-state index is 0.0918. The van der Waals surface area contributed by atoms with E-state index in [2.05, 4.69) is 4.98 Å². The van der Waals surface area contributed by atoms with E-state index in [-0.39, 0.29) is 18.1 Å². The van der Waals surface area contributed by atoms with Gasteiger partial charge in [0.05, 0.1) is 18.4 Å². The van der Waals surface area contributed by atoms with Gasteiger partial charge in [0.2, 0.25) is 5.91 Å². The van der Waals surface area contributed by atoms with Crippen LogP contribution >= 0.6 is 0 Å². The number of carbonyl (C=O) groups is 1. The second-order valence-electron chi connectivity index (χ2n) is 6.04. The van der Waals surface area contributed by atoms with E-state index in [4.69, 9.17) is 9.15 Å². The van der Waals surface area contributed by atoms with E-state index in [0.717, 1.165) is 11.3 Å². The van der Waals surface area contributed by atoms with Crippen molar-refractivity contribution in [3.05, 3.63) is 42.4 Å². The van der Waals surface area contributed by atoms with Gasteiger partial charge in [-0.15, -0.1) is 0 Å². The molecule has 0 aliphatic carbocycles. The summed E-state index contributed by atoms with van der Waals surface area (Å²) in [5.74, 6) is 1.47. The molecule has 2 heterocycles. The Morgan fingerprint density at radius 3 is 2.61 bits per heavy atom. The first-order valence-corrected chi connectivity index (χ1v) is 8.05. The van der Waals surface area contributed by atoms with Crippen LogP contribution in [0.2, 0.25) is 0 Å². The van der Waals surface area contributed by atoms with E-state index in [1.165, 1.54) is 0 Å². The summed E-state index contributed by atoms with van der Waals surface area (Å²) in [6.45, 7) is 5.31. The van der Waals surface area contributed by atoms with Gasteiger partial charge in [-0.1, -0.05) is 30.3 Å². The van der Waals surface area contributed by atoms with Crippen molar-refractivity contribution in [1.82, 2.24) is 9.88 Å². The van der Waals surface area contributed by atoms with Crippen LogP contribution < -0.4 is 0 Å². The number of oxazole rings is 1. The molecule has 1 aromatic carbocycles.